The first-order valence-electron chi connectivity index (χ1n) is 7.48. The highest BCUT2D eigenvalue weighted by Gasteiger charge is 2.49. The Morgan fingerprint density at radius 1 is 1.48 bits per heavy atom. The van der Waals surface area contributed by atoms with Crippen LogP contribution in [0.1, 0.15) is 24.7 Å². The summed E-state index contributed by atoms with van der Waals surface area (Å²) >= 11 is 6.46. The average molecular weight is 332 g/mol. The third-order valence-electron chi connectivity index (χ3n) is 5.08. The number of aromatic nitrogens is 2. The molecule has 3 heterocycles. The summed E-state index contributed by atoms with van der Waals surface area (Å²) in [6.07, 6.45) is 2.40. The van der Waals surface area contributed by atoms with Gasteiger partial charge in [0.1, 0.15) is 0 Å². The summed E-state index contributed by atoms with van der Waals surface area (Å²) < 4.78 is 25.5. The van der Waals surface area contributed by atoms with Gasteiger partial charge in [0.15, 0.2) is 9.84 Å². The van der Waals surface area contributed by atoms with Crippen LogP contribution in [-0.2, 0) is 29.7 Å². The van der Waals surface area contributed by atoms with Gasteiger partial charge in [-0.25, -0.2) is 8.42 Å². The third kappa shape index (κ3) is 2.62. The lowest BCUT2D eigenvalue weighted by Crippen LogP contribution is -2.59. The van der Waals surface area contributed by atoms with Gasteiger partial charge < -0.3 is 5.32 Å². The molecular formula is C14H22ClN3O2S. The van der Waals surface area contributed by atoms with Crippen molar-refractivity contribution in [2.75, 3.05) is 24.6 Å². The van der Waals surface area contributed by atoms with E-state index < -0.39 is 9.84 Å². The number of sulfone groups is 1. The fourth-order valence-electron chi connectivity index (χ4n) is 3.63. The Kier molecular flexibility index (Phi) is 3.83. The lowest BCUT2D eigenvalue weighted by atomic mass is 9.67. The first-order valence-corrected chi connectivity index (χ1v) is 9.68. The maximum absolute atomic E-state index is 11.8. The quantitative estimate of drug-likeness (QED) is 0.900. The van der Waals surface area contributed by atoms with Crippen LogP contribution < -0.4 is 5.32 Å². The summed E-state index contributed by atoms with van der Waals surface area (Å²) in [5.41, 5.74) is 1.99. The number of aryl methyl sites for hydroxylation is 2. The molecule has 0 spiro atoms. The van der Waals surface area contributed by atoms with Gasteiger partial charge in [-0.15, -0.1) is 0 Å². The highest BCUT2D eigenvalue weighted by molar-refractivity contribution is 7.91. The predicted octanol–water partition coefficient (Wildman–Crippen LogP) is 1.20. The van der Waals surface area contributed by atoms with Crippen LogP contribution in [0.15, 0.2) is 0 Å². The summed E-state index contributed by atoms with van der Waals surface area (Å²) in [6.45, 7) is 3.79. The largest absolute Gasteiger partial charge is 0.315 e. The molecule has 2 aliphatic heterocycles. The van der Waals surface area contributed by atoms with Gasteiger partial charge in [-0.1, -0.05) is 18.5 Å². The molecule has 2 fully saturated rings. The van der Waals surface area contributed by atoms with Gasteiger partial charge in [0.05, 0.1) is 27.9 Å². The zero-order chi connectivity index (χ0) is 15.3. The van der Waals surface area contributed by atoms with Crippen LogP contribution in [0.3, 0.4) is 0 Å². The van der Waals surface area contributed by atoms with Gasteiger partial charge >= 0.3 is 0 Å². The van der Waals surface area contributed by atoms with Crippen molar-refractivity contribution in [3.63, 3.8) is 0 Å². The third-order valence-corrected chi connectivity index (χ3v) is 7.28. The highest BCUT2D eigenvalue weighted by atomic mass is 35.5. The molecular weight excluding hydrogens is 310 g/mol. The molecule has 1 N–H and O–H groups in total. The van der Waals surface area contributed by atoms with E-state index in [0.29, 0.717) is 11.5 Å². The van der Waals surface area contributed by atoms with E-state index in [2.05, 4.69) is 10.4 Å². The number of nitrogens with one attached hydrogen (secondary N) is 1. The molecule has 0 aromatic carbocycles. The van der Waals surface area contributed by atoms with Crippen molar-refractivity contribution in [1.29, 1.82) is 0 Å². The van der Waals surface area contributed by atoms with Crippen LogP contribution in [0.5, 0.6) is 0 Å². The maximum Gasteiger partial charge on any atom is 0.150 e. The minimum atomic E-state index is -2.85. The zero-order valence-electron chi connectivity index (χ0n) is 12.5. The summed E-state index contributed by atoms with van der Waals surface area (Å²) in [4.78, 5) is 0. The smallest absolute Gasteiger partial charge is 0.150 e. The molecule has 0 aliphatic carbocycles. The second kappa shape index (κ2) is 5.25. The van der Waals surface area contributed by atoms with Crippen molar-refractivity contribution in [3.05, 3.63) is 16.4 Å². The van der Waals surface area contributed by atoms with E-state index in [-0.39, 0.29) is 11.3 Å². The molecule has 0 saturated carbocycles. The molecule has 7 heteroatoms. The van der Waals surface area contributed by atoms with Crippen molar-refractivity contribution < 1.29 is 8.42 Å². The van der Waals surface area contributed by atoms with Gasteiger partial charge in [-0.2, -0.15) is 5.10 Å². The van der Waals surface area contributed by atoms with E-state index in [0.717, 1.165) is 48.8 Å². The Bertz CT molecular complexity index is 649. The molecule has 3 rings (SSSR count). The molecule has 0 amide bonds. The van der Waals surface area contributed by atoms with Crippen LogP contribution >= 0.6 is 11.6 Å². The van der Waals surface area contributed by atoms with Gasteiger partial charge in [-0.05, 0) is 25.2 Å². The second-order valence-corrected chi connectivity index (χ2v) is 9.03. The molecule has 1 aromatic heterocycles. The Balaban J connectivity index is 1.87. The van der Waals surface area contributed by atoms with E-state index in [1.807, 2.05) is 18.7 Å². The van der Waals surface area contributed by atoms with E-state index in [9.17, 15) is 8.42 Å². The van der Waals surface area contributed by atoms with E-state index in [4.69, 9.17) is 11.6 Å². The molecule has 0 bridgehead atoms. The number of hydrogen-bond donors (Lipinski definition) is 1. The molecule has 1 aromatic rings. The molecule has 1 unspecified atom stereocenters. The van der Waals surface area contributed by atoms with E-state index >= 15 is 0 Å². The van der Waals surface area contributed by atoms with Crippen LogP contribution in [0, 0.1) is 11.3 Å². The molecule has 0 radical (unpaired) electrons. The van der Waals surface area contributed by atoms with E-state index in [1.54, 1.807) is 0 Å². The number of halogens is 1. The van der Waals surface area contributed by atoms with Crippen molar-refractivity contribution in [1.82, 2.24) is 15.1 Å². The molecule has 21 heavy (non-hydrogen) atoms. The number of rotatable bonds is 4. The summed E-state index contributed by atoms with van der Waals surface area (Å²) in [5, 5.41) is 8.55. The minimum absolute atomic E-state index is 0.0199. The standard InChI is InChI=1S/C14H22ClN3O2S/c1-3-11-13(15)12(18(2)17-11)6-14(8-16-9-14)10-4-5-21(19,20)7-10/h10,16H,3-9H2,1-2H3. The van der Waals surface area contributed by atoms with Crippen molar-refractivity contribution in [2.24, 2.45) is 18.4 Å². The first-order chi connectivity index (χ1) is 9.87. The fourth-order valence-corrected chi connectivity index (χ4v) is 5.93. The summed E-state index contributed by atoms with van der Waals surface area (Å²) in [7, 11) is -0.928. The van der Waals surface area contributed by atoms with E-state index in [1.165, 1.54) is 0 Å². The Labute approximate surface area is 131 Å². The minimum Gasteiger partial charge on any atom is -0.315 e. The topological polar surface area (TPSA) is 64.0 Å². The van der Waals surface area contributed by atoms with Crippen LogP contribution in [0.25, 0.3) is 0 Å². The summed E-state index contributed by atoms with van der Waals surface area (Å²) in [5.74, 6) is 0.892. The van der Waals surface area contributed by atoms with Gasteiger partial charge in [-0.3, -0.25) is 4.68 Å². The monoisotopic (exact) mass is 331 g/mol. The van der Waals surface area contributed by atoms with Crippen molar-refractivity contribution >= 4 is 21.4 Å². The average Bonchev–Trinajstić information content (AvgIpc) is 2.86. The lowest BCUT2D eigenvalue weighted by molar-refractivity contribution is 0.0900. The summed E-state index contributed by atoms with van der Waals surface area (Å²) in [6, 6.07) is 0. The molecule has 5 nitrogen and oxygen atoms in total. The normalized spacial score (nSPS) is 26.7. The predicted molar refractivity (Wildman–Crippen MR) is 83.4 cm³/mol. The zero-order valence-corrected chi connectivity index (χ0v) is 14.1. The van der Waals surface area contributed by atoms with Gasteiger partial charge in [0, 0.05) is 25.6 Å². The highest BCUT2D eigenvalue weighted by Crippen LogP contribution is 2.43. The number of nitrogens with zero attached hydrogens (tertiary/aromatic N) is 2. The van der Waals surface area contributed by atoms with Crippen molar-refractivity contribution in [2.45, 2.75) is 26.2 Å². The van der Waals surface area contributed by atoms with Crippen LogP contribution in [0.2, 0.25) is 5.02 Å². The first kappa shape index (κ1) is 15.3. The lowest BCUT2D eigenvalue weighted by Gasteiger charge is -2.47. The Morgan fingerprint density at radius 3 is 2.62 bits per heavy atom. The molecule has 2 aliphatic rings. The van der Waals surface area contributed by atoms with Gasteiger partial charge in [0.25, 0.3) is 0 Å². The fraction of sp³-hybridized carbons (Fsp3) is 0.786. The SMILES string of the molecule is CCc1nn(C)c(CC2(C3CCS(=O)(=O)C3)CNC2)c1Cl. The molecule has 1 atom stereocenters. The van der Waals surface area contributed by atoms with Gasteiger partial charge in [0.2, 0.25) is 0 Å². The maximum atomic E-state index is 11.8. The second-order valence-electron chi connectivity index (χ2n) is 6.43. The molecule has 118 valence electrons. The van der Waals surface area contributed by atoms with Crippen molar-refractivity contribution in [3.8, 4) is 0 Å². The number of hydrogen-bond acceptors (Lipinski definition) is 4. The Morgan fingerprint density at radius 2 is 2.19 bits per heavy atom. The Hall–Kier alpha value is -0.590. The van der Waals surface area contributed by atoms with Crippen LogP contribution in [-0.4, -0.2) is 42.8 Å². The molecule has 2 saturated heterocycles. The van der Waals surface area contributed by atoms with Crippen LogP contribution in [0.4, 0.5) is 0 Å².